The Hall–Kier alpha value is 2.01. The molecule has 2 heteroatoms. The molecule has 0 rings (SSSR count). The number of hydrogen-bond acceptors (Lipinski definition) is 1. The van der Waals surface area contributed by atoms with Crippen molar-refractivity contribution in [2.75, 3.05) is 0 Å². The van der Waals surface area contributed by atoms with Crippen LogP contribution in [0.1, 0.15) is 41.0 Å². The van der Waals surface area contributed by atoms with Gasteiger partial charge in [-0.1, -0.05) is 47.0 Å². The summed E-state index contributed by atoms with van der Waals surface area (Å²) in [7, 11) is 0. The Labute approximate surface area is 130 Å². The van der Waals surface area contributed by atoms with Crippen molar-refractivity contribution >= 4 is 0 Å². The van der Waals surface area contributed by atoms with Crippen LogP contribution in [0.3, 0.4) is 0 Å². The van der Waals surface area contributed by atoms with Crippen LogP contribution in [-0.2, 0) is 0 Å². The molecule has 0 aliphatic rings. The second-order valence-corrected chi connectivity index (χ2v) is 4.07. The molecule has 1 atom stereocenters. The molecule has 0 aliphatic heterocycles. The Morgan fingerprint density at radius 1 is 1.18 bits per heavy atom. The van der Waals surface area contributed by atoms with Crippen LogP contribution >= 0.6 is 0 Å². The van der Waals surface area contributed by atoms with Gasteiger partial charge in [-0.15, -0.1) is 5.60 Å². The van der Waals surface area contributed by atoms with Gasteiger partial charge in [-0.25, -0.2) is 0 Å². The summed E-state index contributed by atoms with van der Waals surface area (Å²) in [5, 5.41) is 11.6. The Morgan fingerprint density at radius 2 is 1.55 bits per heavy atom. The van der Waals surface area contributed by atoms with Crippen LogP contribution in [0.25, 0.3) is 0 Å². The predicted molar refractivity (Wildman–Crippen MR) is 42.7 cm³/mol. The van der Waals surface area contributed by atoms with Crippen molar-refractivity contribution in [3.63, 3.8) is 0 Å². The molecular formula is C9H19CsO. The zero-order valence-electron chi connectivity index (χ0n) is 8.77. The molecule has 0 saturated heterocycles. The van der Waals surface area contributed by atoms with Gasteiger partial charge in [0, 0.05) is 0 Å². The van der Waals surface area contributed by atoms with Crippen molar-refractivity contribution in [2.45, 2.75) is 46.6 Å². The molecule has 0 amide bonds. The van der Waals surface area contributed by atoms with Gasteiger partial charge in [0.15, 0.2) is 0 Å². The minimum Gasteiger partial charge on any atom is -0.849 e. The van der Waals surface area contributed by atoms with Gasteiger partial charge >= 0.3 is 68.9 Å². The first-order valence-electron chi connectivity index (χ1n) is 4.06. The minimum absolute atomic E-state index is 0. The van der Waals surface area contributed by atoms with Crippen LogP contribution in [0, 0.1) is 11.8 Å². The molecule has 1 unspecified atom stereocenters. The maximum Gasteiger partial charge on any atom is 1.00 e. The summed E-state index contributed by atoms with van der Waals surface area (Å²) in [5.74, 6) is 0.764. The summed E-state index contributed by atoms with van der Waals surface area (Å²) in [6.45, 7) is 9.99. The van der Waals surface area contributed by atoms with Crippen LogP contribution in [-0.4, -0.2) is 5.60 Å². The van der Waals surface area contributed by atoms with E-state index in [1.54, 1.807) is 6.92 Å². The molecular weight excluding hydrogens is 257 g/mol. The van der Waals surface area contributed by atoms with Crippen molar-refractivity contribution in [2.24, 2.45) is 11.8 Å². The van der Waals surface area contributed by atoms with Crippen molar-refractivity contribution in [3.05, 3.63) is 0 Å². The molecule has 0 aromatic rings. The zero-order chi connectivity index (χ0) is 8.36. The van der Waals surface area contributed by atoms with E-state index in [1.807, 2.05) is 13.8 Å². The van der Waals surface area contributed by atoms with Gasteiger partial charge in [-0.2, -0.15) is 0 Å². The molecule has 0 aromatic heterocycles. The van der Waals surface area contributed by atoms with Gasteiger partial charge in [0.2, 0.25) is 0 Å². The number of rotatable bonds is 3. The molecule has 1 nitrogen and oxygen atoms in total. The van der Waals surface area contributed by atoms with E-state index in [9.17, 15) is 5.11 Å². The molecule has 0 spiro atoms. The van der Waals surface area contributed by atoms with E-state index in [0.717, 1.165) is 6.42 Å². The van der Waals surface area contributed by atoms with Crippen LogP contribution < -0.4 is 74.0 Å². The monoisotopic (exact) mass is 276 g/mol. The fourth-order valence-electron chi connectivity index (χ4n) is 1.05. The molecule has 0 radical (unpaired) electrons. The first-order chi connectivity index (χ1) is 4.36. The summed E-state index contributed by atoms with van der Waals surface area (Å²) in [6.07, 6.45) is 0.782. The molecule has 0 fully saturated rings. The quantitative estimate of drug-likeness (QED) is 0.636. The maximum atomic E-state index is 11.6. The largest absolute Gasteiger partial charge is 1.00 e. The summed E-state index contributed by atoms with van der Waals surface area (Å²) in [4.78, 5) is 0. The van der Waals surface area contributed by atoms with Gasteiger partial charge < -0.3 is 5.11 Å². The van der Waals surface area contributed by atoms with Crippen LogP contribution in [0.5, 0.6) is 0 Å². The van der Waals surface area contributed by atoms with Gasteiger partial charge in [0.1, 0.15) is 0 Å². The van der Waals surface area contributed by atoms with E-state index in [1.165, 1.54) is 0 Å². The second-order valence-electron chi connectivity index (χ2n) is 4.07. The fraction of sp³-hybridized carbons (Fsp3) is 1.00. The molecule has 62 valence electrons. The van der Waals surface area contributed by atoms with Crippen LogP contribution in [0.2, 0.25) is 0 Å². The Kier molecular flexibility index (Phi) is 9.10. The molecule has 0 aromatic carbocycles. The van der Waals surface area contributed by atoms with Crippen LogP contribution in [0.15, 0.2) is 0 Å². The van der Waals surface area contributed by atoms with Gasteiger partial charge in [0.25, 0.3) is 0 Å². The summed E-state index contributed by atoms with van der Waals surface area (Å²) in [6, 6.07) is 0. The SMILES string of the molecule is CC(C)CC(C)([O-])C(C)C.[Cs+]. The van der Waals surface area contributed by atoms with E-state index >= 15 is 0 Å². The molecule has 0 aliphatic carbocycles. The normalized spacial score (nSPS) is 16.4. The molecule has 0 N–H and O–H groups in total. The predicted octanol–water partition coefficient (Wildman–Crippen LogP) is -1.19. The molecule has 11 heavy (non-hydrogen) atoms. The van der Waals surface area contributed by atoms with Gasteiger partial charge in [-0.05, 0) is 5.92 Å². The molecule has 0 heterocycles. The summed E-state index contributed by atoms with van der Waals surface area (Å²) < 4.78 is 0. The van der Waals surface area contributed by atoms with Crippen molar-refractivity contribution in [1.29, 1.82) is 0 Å². The number of hydrogen-bond donors (Lipinski definition) is 0. The maximum absolute atomic E-state index is 11.6. The molecule has 0 bridgehead atoms. The Morgan fingerprint density at radius 3 is 1.64 bits per heavy atom. The third-order valence-corrected chi connectivity index (χ3v) is 2.03. The van der Waals surface area contributed by atoms with E-state index in [0.29, 0.717) is 5.92 Å². The third-order valence-electron chi connectivity index (χ3n) is 2.03. The second kappa shape index (κ2) is 6.46. The smallest absolute Gasteiger partial charge is 0.849 e. The zero-order valence-corrected chi connectivity index (χ0v) is 15.1. The Balaban J connectivity index is 0. The fourth-order valence-corrected chi connectivity index (χ4v) is 1.05. The average Bonchev–Trinajstić information content (AvgIpc) is 1.60. The van der Waals surface area contributed by atoms with E-state index in [2.05, 4.69) is 13.8 Å². The van der Waals surface area contributed by atoms with Crippen molar-refractivity contribution in [1.82, 2.24) is 0 Å². The van der Waals surface area contributed by atoms with E-state index < -0.39 is 5.60 Å². The van der Waals surface area contributed by atoms with Gasteiger partial charge in [0.05, 0.1) is 0 Å². The first-order valence-corrected chi connectivity index (χ1v) is 4.06. The molecule has 0 saturated carbocycles. The third kappa shape index (κ3) is 7.11. The van der Waals surface area contributed by atoms with Crippen molar-refractivity contribution in [3.8, 4) is 0 Å². The summed E-state index contributed by atoms with van der Waals surface area (Å²) in [5.41, 5.74) is -0.728. The van der Waals surface area contributed by atoms with Crippen molar-refractivity contribution < 1.29 is 74.0 Å². The standard InChI is InChI=1S/C9H19O.Cs/c1-7(2)6-9(5,10)8(3)4;/h7-8H,6H2,1-5H3;/q-1;+1. The van der Waals surface area contributed by atoms with Crippen LogP contribution in [0.4, 0.5) is 0 Å². The Bertz CT molecular complexity index is 97.7. The average molecular weight is 276 g/mol. The topological polar surface area (TPSA) is 23.1 Å². The van der Waals surface area contributed by atoms with E-state index in [-0.39, 0.29) is 74.8 Å². The summed E-state index contributed by atoms with van der Waals surface area (Å²) >= 11 is 0. The minimum atomic E-state index is -0.728. The first kappa shape index (κ1) is 15.5. The van der Waals surface area contributed by atoms with Gasteiger partial charge in [-0.3, -0.25) is 0 Å². The van der Waals surface area contributed by atoms with E-state index in [4.69, 9.17) is 0 Å².